The molecule has 122 valence electrons. The van der Waals surface area contributed by atoms with Crippen LogP contribution in [0.3, 0.4) is 0 Å². The molecule has 0 aliphatic heterocycles. The number of rotatable bonds is 8. The van der Waals surface area contributed by atoms with Gasteiger partial charge in [-0.3, -0.25) is 4.79 Å². The van der Waals surface area contributed by atoms with Crippen molar-refractivity contribution in [3.05, 3.63) is 54.6 Å². The van der Waals surface area contributed by atoms with Gasteiger partial charge in [0.15, 0.2) is 0 Å². The standard InChI is InChI=1S/C17H20N2O3S/c18-17(20)8-4-5-13-19-23(21,22)16-11-9-15(10-12-16)14-6-2-1-3-7-14/h1-3,6-7,9-12,19H,4-5,8,13H2,(H2,18,20). The number of amides is 1. The Morgan fingerprint density at radius 1 is 0.913 bits per heavy atom. The summed E-state index contributed by atoms with van der Waals surface area (Å²) in [6.07, 6.45) is 1.42. The second-order valence-electron chi connectivity index (χ2n) is 5.21. The third-order valence-electron chi connectivity index (χ3n) is 3.41. The van der Waals surface area contributed by atoms with E-state index in [1.54, 1.807) is 24.3 Å². The van der Waals surface area contributed by atoms with Gasteiger partial charge < -0.3 is 5.73 Å². The first-order chi connectivity index (χ1) is 11.0. The molecule has 0 saturated carbocycles. The van der Waals surface area contributed by atoms with Crippen LogP contribution < -0.4 is 10.5 Å². The lowest BCUT2D eigenvalue weighted by Gasteiger charge is -2.08. The summed E-state index contributed by atoms with van der Waals surface area (Å²) in [6, 6.07) is 16.5. The topological polar surface area (TPSA) is 89.3 Å². The fourth-order valence-corrected chi connectivity index (χ4v) is 3.25. The predicted octanol–water partition coefficient (Wildman–Crippen LogP) is 2.29. The van der Waals surface area contributed by atoms with Gasteiger partial charge in [-0.05, 0) is 36.1 Å². The molecule has 5 nitrogen and oxygen atoms in total. The second-order valence-corrected chi connectivity index (χ2v) is 6.98. The molecule has 6 heteroatoms. The van der Waals surface area contributed by atoms with Crippen LogP contribution in [0.25, 0.3) is 11.1 Å². The van der Waals surface area contributed by atoms with Crippen LogP contribution in [0.5, 0.6) is 0 Å². The molecule has 0 bridgehead atoms. The molecule has 0 aliphatic rings. The van der Waals surface area contributed by atoms with Crippen molar-refractivity contribution in [3.8, 4) is 11.1 Å². The lowest BCUT2D eigenvalue weighted by atomic mass is 10.1. The molecule has 0 radical (unpaired) electrons. The van der Waals surface area contributed by atoms with E-state index in [-0.39, 0.29) is 23.8 Å². The van der Waals surface area contributed by atoms with Crippen molar-refractivity contribution in [2.75, 3.05) is 6.54 Å². The summed E-state index contributed by atoms with van der Waals surface area (Å²) in [5, 5.41) is 0. The van der Waals surface area contributed by atoms with Gasteiger partial charge in [-0.15, -0.1) is 0 Å². The van der Waals surface area contributed by atoms with Crippen molar-refractivity contribution in [2.24, 2.45) is 5.73 Å². The lowest BCUT2D eigenvalue weighted by Crippen LogP contribution is -2.25. The minimum atomic E-state index is -3.53. The molecule has 0 saturated heterocycles. The van der Waals surface area contributed by atoms with Gasteiger partial charge in [-0.25, -0.2) is 13.1 Å². The summed E-state index contributed by atoms with van der Waals surface area (Å²) >= 11 is 0. The first-order valence-corrected chi connectivity index (χ1v) is 8.91. The molecule has 0 heterocycles. The summed E-state index contributed by atoms with van der Waals surface area (Å²) in [5.74, 6) is -0.371. The van der Waals surface area contributed by atoms with Gasteiger partial charge in [0.1, 0.15) is 0 Å². The van der Waals surface area contributed by atoms with Crippen molar-refractivity contribution in [1.82, 2.24) is 4.72 Å². The average molecular weight is 332 g/mol. The van der Waals surface area contributed by atoms with Crippen molar-refractivity contribution in [3.63, 3.8) is 0 Å². The van der Waals surface area contributed by atoms with Crippen molar-refractivity contribution in [1.29, 1.82) is 0 Å². The lowest BCUT2D eigenvalue weighted by molar-refractivity contribution is -0.118. The van der Waals surface area contributed by atoms with Crippen LogP contribution in [-0.2, 0) is 14.8 Å². The van der Waals surface area contributed by atoms with Gasteiger partial charge in [0.05, 0.1) is 4.90 Å². The Morgan fingerprint density at radius 3 is 2.13 bits per heavy atom. The third-order valence-corrected chi connectivity index (χ3v) is 4.89. The van der Waals surface area contributed by atoms with Gasteiger partial charge in [0.25, 0.3) is 0 Å². The number of sulfonamides is 1. The molecule has 0 aliphatic carbocycles. The highest BCUT2D eigenvalue weighted by molar-refractivity contribution is 7.89. The molecule has 0 atom stereocenters. The third kappa shape index (κ3) is 5.19. The average Bonchev–Trinajstić information content (AvgIpc) is 2.55. The number of hydrogen-bond acceptors (Lipinski definition) is 3. The highest BCUT2D eigenvalue weighted by atomic mass is 32.2. The molecule has 2 aromatic carbocycles. The predicted molar refractivity (Wildman–Crippen MR) is 90.1 cm³/mol. The smallest absolute Gasteiger partial charge is 0.240 e. The van der Waals surface area contributed by atoms with E-state index in [2.05, 4.69) is 4.72 Å². The fraction of sp³-hybridized carbons (Fsp3) is 0.235. The zero-order valence-corrected chi connectivity index (χ0v) is 13.6. The fourth-order valence-electron chi connectivity index (χ4n) is 2.17. The summed E-state index contributed by atoms with van der Waals surface area (Å²) in [7, 11) is -3.53. The second kappa shape index (κ2) is 7.89. The van der Waals surface area contributed by atoms with E-state index in [0.717, 1.165) is 11.1 Å². The Kier molecular flexibility index (Phi) is 5.90. The monoisotopic (exact) mass is 332 g/mol. The van der Waals surface area contributed by atoms with Crippen LogP contribution in [0, 0.1) is 0 Å². The highest BCUT2D eigenvalue weighted by Gasteiger charge is 2.13. The van der Waals surface area contributed by atoms with E-state index in [4.69, 9.17) is 5.73 Å². The molecule has 0 fully saturated rings. The van der Waals surface area contributed by atoms with E-state index >= 15 is 0 Å². The first-order valence-electron chi connectivity index (χ1n) is 7.42. The molecular weight excluding hydrogens is 312 g/mol. The van der Waals surface area contributed by atoms with Crippen LogP contribution in [0.15, 0.2) is 59.5 Å². The van der Waals surface area contributed by atoms with E-state index in [1.165, 1.54) is 0 Å². The number of carbonyl (C=O) groups excluding carboxylic acids is 1. The van der Waals surface area contributed by atoms with Gasteiger partial charge >= 0.3 is 0 Å². The summed E-state index contributed by atoms with van der Waals surface area (Å²) < 4.78 is 26.9. The maximum atomic E-state index is 12.2. The molecule has 2 aromatic rings. The van der Waals surface area contributed by atoms with Gasteiger partial charge in [0.2, 0.25) is 15.9 Å². The molecule has 0 aromatic heterocycles. The van der Waals surface area contributed by atoms with Crippen LogP contribution in [0.4, 0.5) is 0 Å². The maximum Gasteiger partial charge on any atom is 0.240 e. The van der Waals surface area contributed by atoms with E-state index in [1.807, 2.05) is 30.3 Å². The Hall–Kier alpha value is -2.18. The number of nitrogens with two attached hydrogens (primary N) is 1. The molecule has 0 spiro atoms. The Bertz CT molecular complexity index is 741. The minimum absolute atomic E-state index is 0.229. The summed E-state index contributed by atoms with van der Waals surface area (Å²) in [5.41, 5.74) is 7.04. The maximum absolute atomic E-state index is 12.2. The highest BCUT2D eigenvalue weighted by Crippen LogP contribution is 2.20. The number of hydrogen-bond donors (Lipinski definition) is 2. The Morgan fingerprint density at radius 2 is 1.52 bits per heavy atom. The number of benzene rings is 2. The molecule has 0 unspecified atom stereocenters. The molecule has 3 N–H and O–H groups in total. The summed E-state index contributed by atoms with van der Waals surface area (Å²) in [4.78, 5) is 10.8. The zero-order valence-electron chi connectivity index (χ0n) is 12.7. The van der Waals surface area contributed by atoms with Gasteiger partial charge in [-0.1, -0.05) is 42.5 Å². The minimum Gasteiger partial charge on any atom is -0.370 e. The zero-order chi connectivity index (χ0) is 16.7. The van der Waals surface area contributed by atoms with Crippen LogP contribution in [0.1, 0.15) is 19.3 Å². The van der Waals surface area contributed by atoms with Gasteiger partial charge in [-0.2, -0.15) is 0 Å². The summed E-state index contributed by atoms with van der Waals surface area (Å²) in [6.45, 7) is 0.288. The molecule has 1 amide bonds. The van der Waals surface area contributed by atoms with Crippen molar-refractivity contribution in [2.45, 2.75) is 24.2 Å². The van der Waals surface area contributed by atoms with Gasteiger partial charge in [0, 0.05) is 13.0 Å². The van der Waals surface area contributed by atoms with Crippen LogP contribution >= 0.6 is 0 Å². The van der Waals surface area contributed by atoms with E-state index in [0.29, 0.717) is 12.8 Å². The quantitative estimate of drug-likeness (QED) is 0.727. The SMILES string of the molecule is NC(=O)CCCCNS(=O)(=O)c1ccc(-c2ccccc2)cc1. The largest absolute Gasteiger partial charge is 0.370 e. The number of primary amides is 1. The van der Waals surface area contributed by atoms with Crippen molar-refractivity contribution >= 4 is 15.9 Å². The Balaban J connectivity index is 1.96. The van der Waals surface area contributed by atoms with E-state index in [9.17, 15) is 13.2 Å². The Labute approximate surface area is 136 Å². The number of nitrogens with one attached hydrogen (secondary N) is 1. The van der Waals surface area contributed by atoms with Crippen LogP contribution in [-0.4, -0.2) is 20.9 Å². The number of carbonyl (C=O) groups is 1. The van der Waals surface area contributed by atoms with E-state index < -0.39 is 10.0 Å². The first kappa shape index (κ1) is 17.2. The van der Waals surface area contributed by atoms with Crippen LogP contribution in [0.2, 0.25) is 0 Å². The molecule has 2 rings (SSSR count). The molecular formula is C17H20N2O3S. The normalized spacial score (nSPS) is 11.3. The number of unbranched alkanes of at least 4 members (excludes halogenated alkanes) is 1. The van der Waals surface area contributed by atoms with Crippen molar-refractivity contribution < 1.29 is 13.2 Å². The molecule has 23 heavy (non-hydrogen) atoms.